The molecule has 1 aliphatic heterocycles. The number of aromatic nitrogens is 1. The molecule has 0 radical (unpaired) electrons. The van der Waals surface area contributed by atoms with Gasteiger partial charge in [-0.3, -0.25) is 9.78 Å². The first-order chi connectivity index (χ1) is 11.1. The van der Waals surface area contributed by atoms with E-state index in [2.05, 4.69) is 18.8 Å². The number of hydrogen-bond acceptors (Lipinski definition) is 3. The van der Waals surface area contributed by atoms with Crippen LogP contribution in [0.5, 0.6) is 0 Å². The van der Waals surface area contributed by atoms with Crippen LogP contribution in [0.2, 0.25) is 5.02 Å². The number of amides is 1. The fraction of sp³-hybridized carbons (Fsp3) is 0.333. The fourth-order valence-corrected chi connectivity index (χ4v) is 4.14. The lowest BCUT2D eigenvalue weighted by atomic mass is 10.0. The van der Waals surface area contributed by atoms with Gasteiger partial charge in [0.25, 0.3) is 0 Å². The Kier molecular flexibility index (Phi) is 4.93. The Morgan fingerprint density at radius 1 is 1.30 bits per heavy atom. The third-order valence-electron chi connectivity index (χ3n) is 3.80. The van der Waals surface area contributed by atoms with Crippen molar-refractivity contribution in [3.05, 3.63) is 53.3 Å². The van der Waals surface area contributed by atoms with Gasteiger partial charge in [-0.15, -0.1) is 11.8 Å². The fourth-order valence-electron chi connectivity index (χ4n) is 2.80. The number of rotatable bonds is 4. The molecule has 1 unspecified atom stereocenters. The highest BCUT2D eigenvalue weighted by molar-refractivity contribution is 8.00. The summed E-state index contributed by atoms with van der Waals surface area (Å²) in [5, 5.41) is 0.750. The smallest absolute Gasteiger partial charge is 0.233 e. The van der Waals surface area contributed by atoms with E-state index in [1.54, 1.807) is 18.0 Å². The van der Waals surface area contributed by atoms with Gasteiger partial charge in [-0.1, -0.05) is 37.6 Å². The second-order valence-corrected chi connectivity index (χ2v) is 7.58. The van der Waals surface area contributed by atoms with Gasteiger partial charge in [0, 0.05) is 29.5 Å². The van der Waals surface area contributed by atoms with Crippen molar-refractivity contribution in [1.29, 1.82) is 0 Å². The third kappa shape index (κ3) is 3.54. The summed E-state index contributed by atoms with van der Waals surface area (Å²) < 4.78 is 0. The number of pyridine rings is 1. The number of carbonyl (C=O) groups excluding carboxylic acids is 1. The van der Waals surface area contributed by atoms with Crippen LogP contribution in [0.1, 0.15) is 24.8 Å². The summed E-state index contributed by atoms with van der Waals surface area (Å²) in [6.45, 7) is 5.04. The average Bonchev–Trinajstić information content (AvgIpc) is 2.88. The van der Waals surface area contributed by atoms with Crippen molar-refractivity contribution < 1.29 is 4.79 Å². The molecule has 2 aromatic rings. The first-order valence-electron chi connectivity index (χ1n) is 7.67. The zero-order valence-corrected chi connectivity index (χ0v) is 14.8. The van der Waals surface area contributed by atoms with Crippen molar-refractivity contribution in [2.45, 2.75) is 19.2 Å². The second kappa shape index (κ2) is 6.93. The average molecular weight is 347 g/mol. The van der Waals surface area contributed by atoms with Crippen molar-refractivity contribution in [3.8, 4) is 11.1 Å². The number of benzene rings is 1. The molecule has 1 atom stereocenters. The summed E-state index contributed by atoms with van der Waals surface area (Å²) in [6, 6.07) is 9.81. The predicted molar refractivity (Wildman–Crippen MR) is 96.4 cm³/mol. The summed E-state index contributed by atoms with van der Waals surface area (Å²) in [6.07, 6.45) is 3.68. The van der Waals surface area contributed by atoms with E-state index in [4.69, 9.17) is 11.6 Å². The standard InChI is InChI=1S/C18H19ClN2OS/c1-12(2)10-21-17(22)11-23-18(21)16-9-20-8-7-15(16)13-3-5-14(19)6-4-13/h3-9,12,18H,10-11H2,1-2H3. The number of hydrogen-bond donors (Lipinski definition) is 0. The second-order valence-electron chi connectivity index (χ2n) is 6.07. The van der Waals surface area contributed by atoms with Crippen LogP contribution in [0, 0.1) is 5.92 Å². The lowest BCUT2D eigenvalue weighted by Crippen LogP contribution is -2.31. The first kappa shape index (κ1) is 16.3. The monoisotopic (exact) mass is 346 g/mol. The minimum Gasteiger partial charge on any atom is -0.325 e. The van der Waals surface area contributed by atoms with Crippen LogP contribution >= 0.6 is 23.4 Å². The van der Waals surface area contributed by atoms with Crippen LogP contribution in [0.3, 0.4) is 0 Å². The predicted octanol–water partition coefficient (Wildman–Crippen LogP) is 4.63. The van der Waals surface area contributed by atoms with Gasteiger partial charge in [-0.2, -0.15) is 0 Å². The van der Waals surface area contributed by atoms with Crippen LogP contribution in [0.15, 0.2) is 42.7 Å². The molecular weight excluding hydrogens is 328 g/mol. The number of nitrogens with zero attached hydrogens (tertiary/aromatic N) is 2. The van der Waals surface area contributed by atoms with Gasteiger partial charge in [0.2, 0.25) is 5.91 Å². The summed E-state index contributed by atoms with van der Waals surface area (Å²) in [4.78, 5) is 18.5. The highest BCUT2D eigenvalue weighted by atomic mass is 35.5. The van der Waals surface area contributed by atoms with Gasteiger partial charge in [0.15, 0.2) is 0 Å². The van der Waals surface area contributed by atoms with Crippen LogP contribution in [-0.4, -0.2) is 28.1 Å². The van der Waals surface area contributed by atoms with Gasteiger partial charge in [-0.25, -0.2) is 0 Å². The Labute approximate surface area is 146 Å². The lowest BCUT2D eigenvalue weighted by molar-refractivity contribution is -0.128. The Hall–Kier alpha value is -1.52. The Morgan fingerprint density at radius 3 is 2.74 bits per heavy atom. The summed E-state index contributed by atoms with van der Waals surface area (Å²) in [5.41, 5.74) is 3.29. The molecule has 2 heterocycles. The van der Waals surface area contributed by atoms with Crippen LogP contribution in [0.25, 0.3) is 11.1 Å². The molecule has 23 heavy (non-hydrogen) atoms. The Morgan fingerprint density at radius 2 is 2.04 bits per heavy atom. The molecule has 120 valence electrons. The molecule has 1 saturated heterocycles. The van der Waals surface area contributed by atoms with Gasteiger partial charge in [0.1, 0.15) is 5.37 Å². The SMILES string of the molecule is CC(C)CN1C(=O)CSC1c1cnccc1-c1ccc(Cl)cc1. The van der Waals surface area contributed by atoms with E-state index in [1.165, 1.54) is 0 Å². The molecule has 1 amide bonds. The Balaban J connectivity index is 1.99. The minimum absolute atomic E-state index is 0.0317. The van der Waals surface area contributed by atoms with Crippen molar-refractivity contribution >= 4 is 29.3 Å². The molecule has 5 heteroatoms. The van der Waals surface area contributed by atoms with Crippen molar-refractivity contribution in [2.75, 3.05) is 12.3 Å². The molecule has 0 spiro atoms. The molecular formula is C18H19ClN2OS. The molecule has 1 aromatic heterocycles. The maximum Gasteiger partial charge on any atom is 0.233 e. The minimum atomic E-state index is 0.0317. The Bertz CT molecular complexity index is 702. The van der Waals surface area contributed by atoms with Gasteiger partial charge in [0.05, 0.1) is 5.75 Å². The van der Waals surface area contributed by atoms with Crippen molar-refractivity contribution in [3.63, 3.8) is 0 Å². The van der Waals surface area contributed by atoms with Crippen LogP contribution in [-0.2, 0) is 4.79 Å². The highest BCUT2D eigenvalue weighted by Gasteiger charge is 2.34. The molecule has 3 rings (SSSR count). The van der Waals surface area contributed by atoms with E-state index in [0.717, 1.165) is 28.3 Å². The molecule has 1 fully saturated rings. The van der Waals surface area contributed by atoms with E-state index in [1.807, 2.05) is 41.4 Å². The maximum atomic E-state index is 12.3. The quantitative estimate of drug-likeness (QED) is 0.809. The zero-order chi connectivity index (χ0) is 16.4. The molecule has 0 saturated carbocycles. The lowest BCUT2D eigenvalue weighted by Gasteiger charge is -2.27. The normalized spacial score (nSPS) is 18.0. The topological polar surface area (TPSA) is 33.2 Å². The zero-order valence-electron chi connectivity index (χ0n) is 13.2. The molecule has 1 aromatic carbocycles. The largest absolute Gasteiger partial charge is 0.325 e. The molecule has 0 aliphatic carbocycles. The highest BCUT2D eigenvalue weighted by Crippen LogP contribution is 2.42. The van der Waals surface area contributed by atoms with E-state index < -0.39 is 0 Å². The summed E-state index contributed by atoms with van der Waals surface area (Å²) in [7, 11) is 0. The van der Waals surface area contributed by atoms with E-state index >= 15 is 0 Å². The van der Waals surface area contributed by atoms with Crippen LogP contribution in [0.4, 0.5) is 0 Å². The molecule has 0 bridgehead atoms. The number of carbonyl (C=O) groups is 1. The molecule has 3 nitrogen and oxygen atoms in total. The molecule has 1 aliphatic rings. The van der Waals surface area contributed by atoms with Crippen molar-refractivity contribution in [1.82, 2.24) is 9.88 Å². The van der Waals surface area contributed by atoms with Crippen LogP contribution < -0.4 is 0 Å². The van der Waals surface area contributed by atoms with Gasteiger partial charge >= 0.3 is 0 Å². The van der Waals surface area contributed by atoms with Crippen molar-refractivity contribution in [2.24, 2.45) is 5.92 Å². The number of halogens is 1. The number of thioether (sulfide) groups is 1. The molecule has 0 N–H and O–H groups in total. The summed E-state index contributed by atoms with van der Waals surface area (Å²) in [5.74, 6) is 1.18. The van der Waals surface area contributed by atoms with E-state index in [9.17, 15) is 4.79 Å². The summed E-state index contributed by atoms with van der Waals surface area (Å²) >= 11 is 7.67. The van der Waals surface area contributed by atoms with Gasteiger partial charge < -0.3 is 4.90 Å². The van der Waals surface area contributed by atoms with E-state index in [-0.39, 0.29) is 11.3 Å². The maximum absolute atomic E-state index is 12.3. The van der Waals surface area contributed by atoms with E-state index in [0.29, 0.717) is 11.7 Å². The third-order valence-corrected chi connectivity index (χ3v) is 5.29. The first-order valence-corrected chi connectivity index (χ1v) is 9.10. The van der Waals surface area contributed by atoms with Gasteiger partial charge in [-0.05, 0) is 35.2 Å².